The van der Waals surface area contributed by atoms with Gasteiger partial charge in [0.05, 0.1) is 5.38 Å². The largest absolute Gasteiger partial charge is 0.236 e. The summed E-state index contributed by atoms with van der Waals surface area (Å²) in [6, 6.07) is 2.06. The molecule has 1 aromatic heterocycles. The van der Waals surface area contributed by atoms with Crippen molar-refractivity contribution in [2.45, 2.75) is 45.4 Å². The molecule has 0 amide bonds. The van der Waals surface area contributed by atoms with Crippen LogP contribution in [0.4, 0.5) is 0 Å². The Morgan fingerprint density at radius 3 is 2.36 bits per heavy atom. The van der Waals surface area contributed by atoms with E-state index in [1.165, 1.54) is 0 Å². The van der Waals surface area contributed by atoms with Crippen LogP contribution in [0.1, 0.15) is 56.2 Å². The van der Waals surface area contributed by atoms with E-state index in [0.29, 0.717) is 5.92 Å². The first kappa shape index (κ1) is 11.4. The predicted octanol–water partition coefficient (Wildman–Crippen LogP) is 3.46. The smallest absolute Gasteiger partial charge is 0.146 e. The molecule has 0 aliphatic carbocycles. The fraction of sp³-hybridized carbons (Fsp3) is 0.636. The van der Waals surface area contributed by atoms with Gasteiger partial charge in [-0.15, -0.1) is 11.6 Å². The summed E-state index contributed by atoms with van der Waals surface area (Å²) in [5, 5.41) is -0.112. The highest BCUT2D eigenvalue weighted by atomic mass is 35.5. The number of nitrogens with zero attached hydrogens (tertiary/aromatic N) is 2. The highest BCUT2D eigenvalue weighted by molar-refractivity contribution is 6.20. The van der Waals surface area contributed by atoms with E-state index in [2.05, 4.69) is 36.8 Å². The summed E-state index contributed by atoms with van der Waals surface area (Å²) in [5.41, 5.74) is 2.16. The topological polar surface area (TPSA) is 25.8 Å². The molecule has 0 saturated carbocycles. The Morgan fingerprint density at radius 2 is 1.93 bits per heavy atom. The number of alkyl halides is 1. The third-order valence-corrected chi connectivity index (χ3v) is 2.32. The zero-order valence-corrected chi connectivity index (χ0v) is 9.97. The lowest BCUT2D eigenvalue weighted by Crippen LogP contribution is -2.04. The van der Waals surface area contributed by atoms with Crippen molar-refractivity contribution in [1.82, 2.24) is 9.97 Å². The monoisotopic (exact) mass is 212 g/mol. The van der Waals surface area contributed by atoms with Crippen LogP contribution < -0.4 is 0 Å². The lowest BCUT2D eigenvalue weighted by molar-refractivity contribution is 0.764. The maximum atomic E-state index is 5.98. The second-order valence-corrected chi connectivity index (χ2v) is 4.42. The van der Waals surface area contributed by atoms with Crippen LogP contribution in [0.5, 0.6) is 0 Å². The molecule has 0 bridgehead atoms. The minimum atomic E-state index is -0.112. The van der Waals surface area contributed by atoms with Crippen molar-refractivity contribution < 1.29 is 0 Å². The highest BCUT2D eigenvalue weighted by Gasteiger charge is 2.10. The van der Waals surface area contributed by atoms with E-state index in [9.17, 15) is 0 Å². The molecule has 1 unspecified atom stereocenters. The molecule has 0 N–H and O–H groups in total. The van der Waals surface area contributed by atoms with Crippen molar-refractivity contribution in [2.24, 2.45) is 0 Å². The van der Waals surface area contributed by atoms with Gasteiger partial charge in [-0.3, -0.25) is 0 Å². The molecule has 0 aromatic carbocycles. The molecule has 0 saturated heterocycles. The van der Waals surface area contributed by atoms with Crippen LogP contribution in [-0.2, 0) is 6.42 Å². The van der Waals surface area contributed by atoms with Gasteiger partial charge < -0.3 is 0 Å². The summed E-state index contributed by atoms with van der Waals surface area (Å²) >= 11 is 5.98. The third-order valence-electron chi connectivity index (χ3n) is 2.13. The van der Waals surface area contributed by atoms with Gasteiger partial charge >= 0.3 is 0 Å². The van der Waals surface area contributed by atoms with Crippen LogP contribution in [0, 0.1) is 0 Å². The van der Waals surface area contributed by atoms with E-state index < -0.39 is 0 Å². The Balaban J connectivity index is 3.13. The molecule has 0 aliphatic heterocycles. The molecule has 0 aliphatic rings. The molecule has 78 valence electrons. The molecular formula is C11H17ClN2. The number of rotatable bonds is 3. The Labute approximate surface area is 90.7 Å². The molecule has 14 heavy (non-hydrogen) atoms. The quantitative estimate of drug-likeness (QED) is 0.718. The second-order valence-electron chi connectivity index (χ2n) is 3.77. The van der Waals surface area contributed by atoms with Gasteiger partial charge in [0, 0.05) is 11.4 Å². The molecule has 1 heterocycles. The highest BCUT2D eigenvalue weighted by Crippen LogP contribution is 2.19. The lowest BCUT2D eigenvalue weighted by Gasteiger charge is -2.10. The van der Waals surface area contributed by atoms with E-state index in [1.807, 2.05) is 6.92 Å². The molecule has 3 heteroatoms. The SMILES string of the molecule is CCc1cc(C(C)C)nc(C(C)Cl)n1. The van der Waals surface area contributed by atoms with Crippen LogP contribution in [0.15, 0.2) is 6.07 Å². The van der Waals surface area contributed by atoms with Gasteiger partial charge in [-0.1, -0.05) is 20.8 Å². The van der Waals surface area contributed by atoms with E-state index >= 15 is 0 Å². The fourth-order valence-electron chi connectivity index (χ4n) is 1.19. The minimum absolute atomic E-state index is 0.112. The summed E-state index contributed by atoms with van der Waals surface area (Å²) in [4.78, 5) is 8.83. The first-order valence-corrected chi connectivity index (χ1v) is 5.50. The van der Waals surface area contributed by atoms with Gasteiger partial charge in [0.2, 0.25) is 0 Å². The van der Waals surface area contributed by atoms with Crippen molar-refractivity contribution in [1.29, 1.82) is 0 Å². The van der Waals surface area contributed by atoms with E-state index in [0.717, 1.165) is 23.6 Å². The molecule has 1 aromatic rings. The van der Waals surface area contributed by atoms with Crippen molar-refractivity contribution in [2.75, 3.05) is 0 Å². The maximum absolute atomic E-state index is 5.98. The number of hydrogen-bond acceptors (Lipinski definition) is 2. The Kier molecular flexibility index (Phi) is 3.87. The van der Waals surface area contributed by atoms with Gasteiger partial charge in [-0.25, -0.2) is 9.97 Å². The first-order chi connectivity index (χ1) is 6.54. The predicted molar refractivity (Wildman–Crippen MR) is 59.8 cm³/mol. The van der Waals surface area contributed by atoms with E-state index in [4.69, 9.17) is 11.6 Å². The van der Waals surface area contributed by atoms with E-state index in [-0.39, 0.29) is 5.38 Å². The van der Waals surface area contributed by atoms with Gasteiger partial charge in [0.25, 0.3) is 0 Å². The summed E-state index contributed by atoms with van der Waals surface area (Å²) in [7, 11) is 0. The van der Waals surface area contributed by atoms with Gasteiger partial charge in [-0.2, -0.15) is 0 Å². The number of aromatic nitrogens is 2. The Morgan fingerprint density at radius 1 is 1.29 bits per heavy atom. The summed E-state index contributed by atoms with van der Waals surface area (Å²) in [6.07, 6.45) is 0.929. The molecule has 1 rings (SSSR count). The zero-order chi connectivity index (χ0) is 10.7. The molecule has 0 radical (unpaired) electrons. The van der Waals surface area contributed by atoms with Crippen molar-refractivity contribution in [3.8, 4) is 0 Å². The van der Waals surface area contributed by atoms with Gasteiger partial charge in [-0.05, 0) is 25.3 Å². The molecule has 0 spiro atoms. The average Bonchev–Trinajstić information content (AvgIpc) is 2.16. The third kappa shape index (κ3) is 2.68. The zero-order valence-electron chi connectivity index (χ0n) is 9.21. The summed E-state index contributed by atoms with van der Waals surface area (Å²) in [6.45, 7) is 8.25. The molecule has 1 atom stereocenters. The van der Waals surface area contributed by atoms with Gasteiger partial charge in [0.1, 0.15) is 5.82 Å². The molecular weight excluding hydrogens is 196 g/mol. The van der Waals surface area contributed by atoms with Crippen LogP contribution >= 0.6 is 11.6 Å². The normalized spacial score (nSPS) is 13.3. The molecule has 0 fully saturated rings. The number of aryl methyl sites for hydroxylation is 1. The van der Waals surface area contributed by atoms with Crippen molar-refractivity contribution >= 4 is 11.6 Å². The van der Waals surface area contributed by atoms with Crippen molar-refractivity contribution in [3.05, 3.63) is 23.3 Å². The number of halogens is 1. The van der Waals surface area contributed by atoms with Gasteiger partial charge in [0.15, 0.2) is 0 Å². The Bertz CT molecular complexity index is 282. The summed E-state index contributed by atoms with van der Waals surface area (Å²) < 4.78 is 0. The first-order valence-electron chi connectivity index (χ1n) is 5.06. The number of hydrogen-bond donors (Lipinski definition) is 0. The standard InChI is InChI=1S/C11H17ClN2/c1-5-9-6-10(7(2)3)14-11(13-9)8(4)12/h6-8H,5H2,1-4H3. The van der Waals surface area contributed by atoms with Crippen molar-refractivity contribution in [3.63, 3.8) is 0 Å². The fourth-order valence-corrected chi connectivity index (χ4v) is 1.29. The maximum Gasteiger partial charge on any atom is 0.146 e. The van der Waals surface area contributed by atoms with Crippen LogP contribution in [0.3, 0.4) is 0 Å². The Hall–Kier alpha value is -0.630. The van der Waals surface area contributed by atoms with Crippen LogP contribution in [-0.4, -0.2) is 9.97 Å². The lowest BCUT2D eigenvalue weighted by atomic mass is 10.1. The summed E-state index contributed by atoms with van der Waals surface area (Å²) in [5.74, 6) is 1.17. The average molecular weight is 213 g/mol. The molecule has 2 nitrogen and oxygen atoms in total. The van der Waals surface area contributed by atoms with Crippen LogP contribution in [0.25, 0.3) is 0 Å². The second kappa shape index (κ2) is 4.74. The minimum Gasteiger partial charge on any atom is -0.236 e. The van der Waals surface area contributed by atoms with Crippen LogP contribution in [0.2, 0.25) is 0 Å². The van der Waals surface area contributed by atoms with E-state index in [1.54, 1.807) is 0 Å².